The topological polar surface area (TPSA) is 116 Å². The lowest BCUT2D eigenvalue weighted by atomic mass is 9.99. The molecule has 2 heterocycles. The average molecular weight is 489 g/mol. The minimum atomic E-state index is -0.540. The van der Waals surface area contributed by atoms with Crippen molar-refractivity contribution >= 4 is 40.2 Å². The Morgan fingerprint density at radius 3 is 2.63 bits per heavy atom. The molecular formula is C26H23ClN5O3+. The first kappa shape index (κ1) is 22.6. The van der Waals surface area contributed by atoms with Gasteiger partial charge in [-0.05, 0) is 66.1 Å². The minimum absolute atomic E-state index is 0.0323. The molecule has 1 aromatic heterocycles. The number of fused-ring (bicyclic) bond motifs is 2. The molecule has 0 bridgehead atoms. The summed E-state index contributed by atoms with van der Waals surface area (Å²) < 4.78 is 6.56. The molecule has 1 aliphatic heterocycles. The van der Waals surface area contributed by atoms with E-state index >= 15 is 0 Å². The second kappa shape index (κ2) is 8.88. The second-order valence-corrected chi connectivity index (χ2v) is 8.75. The zero-order valence-corrected chi connectivity index (χ0v) is 19.7. The van der Waals surface area contributed by atoms with Gasteiger partial charge < -0.3 is 20.4 Å². The molecule has 0 spiro atoms. The van der Waals surface area contributed by atoms with E-state index < -0.39 is 5.56 Å². The summed E-state index contributed by atoms with van der Waals surface area (Å²) in [5.74, 6) is 0.416. The number of nitrogens with one attached hydrogen (secondary N) is 2. The Kier molecular flexibility index (Phi) is 5.74. The molecule has 0 unspecified atom stereocenters. The van der Waals surface area contributed by atoms with Crippen LogP contribution in [0.4, 0.5) is 5.82 Å². The Bertz CT molecular complexity index is 1550. The molecule has 8 nitrogen and oxygen atoms in total. The SMILES string of the molecule is COc1ccc(C(=N)[n+]2c(N)c(=O)[nH]c3cc(C(=O)N4CCc5c(Cl)cccc5C4)ccc32)cc1. The number of carbonyl (C=O) groups excluding carboxylic acids is 1. The van der Waals surface area contributed by atoms with E-state index in [1.165, 1.54) is 4.57 Å². The van der Waals surface area contributed by atoms with Crippen LogP contribution >= 0.6 is 11.6 Å². The number of H-pyrrole nitrogens is 1. The highest BCUT2D eigenvalue weighted by atomic mass is 35.5. The normalized spacial score (nSPS) is 12.9. The van der Waals surface area contributed by atoms with Crippen molar-refractivity contribution in [1.29, 1.82) is 5.41 Å². The predicted molar refractivity (Wildman–Crippen MR) is 134 cm³/mol. The number of nitrogens with two attached hydrogens (primary N) is 1. The van der Waals surface area contributed by atoms with Crippen LogP contribution in [0, 0.1) is 5.41 Å². The minimum Gasteiger partial charge on any atom is -0.497 e. The summed E-state index contributed by atoms with van der Waals surface area (Å²) in [5, 5.41) is 9.43. The lowest BCUT2D eigenvalue weighted by molar-refractivity contribution is -0.510. The lowest BCUT2D eigenvalue weighted by Gasteiger charge is -2.29. The van der Waals surface area contributed by atoms with Gasteiger partial charge in [-0.2, -0.15) is 9.98 Å². The first-order valence-electron chi connectivity index (χ1n) is 11.0. The van der Waals surface area contributed by atoms with Crippen LogP contribution in [-0.2, 0) is 13.0 Å². The monoisotopic (exact) mass is 488 g/mol. The molecule has 1 aliphatic rings. The Labute approximate surface area is 206 Å². The summed E-state index contributed by atoms with van der Waals surface area (Å²) in [4.78, 5) is 30.4. The smallest absolute Gasteiger partial charge is 0.321 e. The maximum Gasteiger partial charge on any atom is 0.321 e. The number of methoxy groups -OCH3 is 1. The summed E-state index contributed by atoms with van der Waals surface area (Å²) >= 11 is 6.31. The summed E-state index contributed by atoms with van der Waals surface area (Å²) in [5.41, 5.74) is 9.57. The van der Waals surface area contributed by atoms with Crippen LogP contribution in [0.3, 0.4) is 0 Å². The van der Waals surface area contributed by atoms with E-state index in [0.717, 1.165) is 16.1 Å². The number of hydrogen-bond donors (Lipinski definition) is 3. The number of rotatable bonds is 3. The number of anilines is 1. The van der Waals surface area contributed by atoms with Crippen LogP contribution in [0.5, 0.6) is 5.75 Å². The van der Waals surface area contributed by atoms with Gasteiger partial charge in [-0.25, -0.2) is 0 Å². The quantitative estimate of drug-likeness (QED) is 0.233. The van der Waals surface area contributed by atoms with Gasteiger partial charge in [0.15, 0.2) is 0 Å². The molecule has 35 heavy (non-hydrogen) atoms. The van der Waals surface area contributed by atoms with Crippen molar-refractivity contribution in [2.75, 3.05) is 19.4 Å². The molecule has 0 fully saturated rings. The van der Waals surface area contributed by atoms with E-state index in [0.29, 0.717) is 47.4 Å². The third-order valence-corrected chi connectivity index (χ3v) is 6.64. The standard InChI is InChI=1S/C26H22ClN5O3/c1-35-18-8-5-15(6-9-18)23(28)32-22-10-7-16(13-21(22)30-25(33)24(32)29)26(34)31-12-11-19-17(14-31)3-2-4-20(19)27/h2-10,13,28-29H,11-12,14H2,1H3,(H,30,33)/p+1. The lowest BCUT2D eigenvalue weighted by Crippen LogP contribution is -2.50. The van der Waals surface area contributed by atoms with Gasteiger partial charge in [-0.15, -0.1) is 0 Å². The molecule has 176 valence electrons. The molecule has 3 aromatic carbocycles. The third-order valence-electron chi connectivity index (χ3n) is 6.29. The Balaban J connectivity index is 1.51. The highest BCUT2D eigenvalue weighted by Crippen LogP contribution is 2.27. The van der Waals surface area contributed by atoms with Crippen molar-refractivity contribution in [2.45, 2.75) is 13.0 Å². The summed E-state index contributed by atoms with van der Waals surface area (Å²) in [6.45, 7) is 1.01. The summed E-state index contributed by atoms with van der Waals surface area (Å²) in [7, 11) is 1.56. The highest BCUT2D eigenvalue weighted by molar-refractivity contribution is 6.31. The number of halogens is 1. The highest BCUT2D eigenvalue weighted by Gasteiger charge is 2.25. The molecule has 0 atom stereocenters. The molecule has 0 saturated heterocycles. The van der Waals surface area contributed by atoms with Crippen molar-refractivity contribution < 1.29 is 14.1 Å². The van der Waals surface area contributed by atoms with Gasteiger partial charge in [-0.3, -0.25) is 9.59 Å². The maximum atomic E-state index is 13.3. The van der Waals surface area contributed by atoms with Crippen LogP contribution < -0.4 is 20.6 Å². The van der Waals surface area contributed by atoms with Crippen LogP contribution in [0.1, 0.15) is 27.0 Å². The van der Waals surface area contributed by atoms with Gasteiger partial charge >= 0.3 is 5.56 Å². The zero-order valence-electron chi connectivity index (χ0n) is 19.0. The number of nitrogen functional groups attached to an aromatic ring is 1. The fourth-order valence-electron chi connectivity index (χ4n) is 4.42. The molecule has 0 radical (unpaired) electrons. The molecule has 0 saturated carbocycles. The Hall–Kier alpha value is -4.17. The fraction of sp³-hybridized carbons (Fsp3) is 0.154. The number of hydrogen-bond acceptors (Lipinski definition) is 5. The number of carbonyl (C=O) groups is 1. The van der Waals surface area contributed by atoms with Crippen LogP contribution in [0.15, 0.2) is 65.5 Å². The first-order chi connectivity index (χ1) is 16.9. The molecule has 0 aliphatic carbocycles. The molecule has 4 aromatic rings. The van der Waals surface area contributed by atoms with Gasteiger partial charge in [0.1, 0.15) is 11.3 Å². The van der Waals surface area contributed by atoms with Crippen molar-refractivity contribution in [3.63, 3.8) is 0 Å². The van der Waals surface area contributed by atoms with Crippen molar-refractivity contribution in [1.82, 2.24) is 9.88 Å². The zero-order chi connectivity index (χ0) is 24.7. The number of aromatic amines is 1. The Morgan fingerprint density at radius 1 is 1.14 bits per heavy atom. The molecule has 4 N–H and O–H groups in total. The number of benzene rings is 3. The van der Waals surface area contributed by atoms with Gasteiger partial charge in [-0.1, -0.05) is 23.7 Å². The summed E-state index contributed by atoms with van der Waals surface area (Å²) in [6.07, 6.45) is 0.681. The largest absolute Gasteiger partial charge is 0.497 e. The van der Waals surface area contributed by atoms with Gasteiger partial charge in [0.25, 0.3) is 17.6 Å². The molecular weight excluding hydrogens is 466 g/mol. The van der Waals surface area contributed by atoms with E-state index in [9.17, 15) is 9.59 Å². The van der Waals surface area contributed by atoms with E-state index in [1.54, 1.807) is 54.5 Å². The number of ether oxygens (including phenoxy) is 1. The van der Waals surface area contributed by atoms with Gasteiger partial charge in [0.05, 0.1) is 18.2 Å². The average Bonchev–Trinajstić information content (AvgIpc) is 2.88. The van der Waals surface area contributed by atoms with Crippen LogP contribution in [-0.4, -0.2) is 35.3 Å². The molecule has 9 heteroatoms. The molecule has 5 rings (SSSR count). The fourth-order valence-corrected chi connectivity index (χ4v) is 4.71. The van der Waals surface area contributed by atoms with Gasteiger partial charge in [0.2, 0.25) is 0 Å². The van der Waals surface area contributed by atoms with Crippen LogP contribution in [0.2, 0.25) is 5.02 Å². The van der Waals surface area contributed by atoms with Crippen molar-refractivity contribution in [3.8, 4) is 5.75 Å². The molecule has 1 amide bonds. The van der Waals surface area contributed by atoms with Crippen molar-refractivity contribution in [2.24, 2.45) is 0 Å². The number of aromatic nitrogens is 2. The maximum absolute atomic E-state index is 13.3. The summed E-state index contributed by atoms with van der Waals surface area (Å²) in [6, 6.07) is 17.7. The first-order valence-corrected chi connectivity index (χ1v) is 11.4. The van der Waals surface area contributed by atoms with E-state index in [4.69, 9.17) is 27.5 Å². The second-order valence-electron chi connectivity index (χ2n) is 8.34. The third kappa shape index (κ3) is 4.02. The van der Waals surface area contributed by atoms with E-state index in [2.05, 4.69) is 4.98 Å². The number of nitrogens with zero attached hydrogens (tertiary/aromatic N) is 2. The van der Waals surface area contributed by atoms with Crippen molar-refractivity contribution in [3.05, 3.63) is 98.3 Å². The number of amides is 1. The van der Waals surface area contributed by atoms with Gasteiger partial charge in [0, 0.05) is 23.7 Å². The van der Waals surface area contributed by atoms with E-state index in [-0.39, 0.29) is 17.6 Å². The predicted octanol–water partition coefficient (Wildman–Crippen LogP) is 3.13. The van der Waals surface area contributed by atoms with E-state index in [1.807, 2.05) is 18.2 Å². The van der Waals surface area contributed by atoms with Crippen LogP contribution in [0.25, 0.3) is 11.0 Å². The Morgan fingerprint density at radius 2 is 1.89 bits per heavy atom.